The van der Waals surface area contributed by atoms with Crippen molar-refractivity contribution in [3.05, 3.63) is 71.2 Å². The van der Waals surface area contributed by atoms with E-state index < -0.39 is 29.3 Å². The minimum atomic E-state index is -4.45. The fraction of sp³-hybridized carbons (Fsp3) is 0.176. The Morgan fingerprint density at radius 2 is 1.85 bits per heavy atom. The molecule has 136 valence electrons. The highest BCUT2D eigenvalue weighted by atomic mass is 19.4. The molecule has 2 aromatic heterocycles. The third-order valence-corrected chi connectivity index (χ3v) is 3.68. The number of benzene rings is 1. The molecule has 2 heterocycles. The van der Waals surface area contributed by atoms with Crippen LogP contribution in [0.25, 0.3) is 5.65 Å². The molecule has 3 rings (SSSR count). The number of halogens is 5. The van der Waals surface area contributed by atoms with Crippen molar-refractivity contribution < 1.29 is 26.7 Å². The molecular weight excluding hydrogens is 357 g/mol. The number of hydrogen-bond donors (Lipinski definition) is 1. The van der Waals surface area contributed by atoms with Gasteiger partial charge in [0, 0.05) is 30.9 Å². The summed E-state index contributed by atoms with van der Waals surface area (Å²) in [6, 6.07) is 4.99. The van der Waals surface area contributed by atoms with E-state index in [1.54, 1.807) is 0 Å². The Hall–Kier alpha value is -2.97. The Morgan fingerprint density at radius 3 is 2.54 bits per heavy atom. The van der Waals surface area contributed by atoms with Crippen molar-refractivity contribution in [2.45, 2.75) is 12.6 Å². The minimum absolute atomic E-state index is 0.0336. The number of hydrogen-bond acceptors (Lipinski definition) is 2. The molecular formula is C17H12F5N3O. The summed E-state index contributed by atoms with van der Waals surface area (Å²) in [5.41, 5.74) is 0.00385. The predicted octanol–water partition coefficient (Wildman–Crippen LogP) is 3.60. The molecule has 0 aliphatic heterocycles. The van der Waals surface area contributed by atoms with Gasteiger partial charge < -0.3 is 9.72 Å². The Labute approximate surface area is 144 Å². The van der Waals surface area contributed by atoms with Crippen LogP contribution in [0.1, 0.15) is 21.6 Å². The van der Waals surface area contributed by atoms with Crippen LogP contribution < -0.4 is 5.32 Å². The van der Waals surface area contributed by atoms with Gasteiger partial charge in [-0.05, 0) is 30.3 Å². The summed E-state index contributed by atoms with van der Waals surface area (Å²) in [5.74, 6) is -2.77. The molecule has 0 atom stereocenters. The van der Waals surface area contributed by atoms with E-state index in [-0.39, 0.29) is 18.5 Å². The van der Waals surface area contributed by atoms with Crippen molar-refractivity contribution in [1.29, 1.82) is 0 Å². The number of alkyl halides is 3. The van der Waals surface area contributed by atoms with Crippen molar-refractivity contribution >= 4 is 11.6 Å². The maximum Gasteiger partial charge on any atom is 0.417 e. The van der Waals surface area contributed by atoms with E-state index in [2.05, 4.69) is 10.3 Å². The molecule has 9 heteroatoms. The molecule has 3 aromatic rings. The highest BCUT2D eigenvalue weighted by Crippen LogP contribution is 2.29. The molecule has 0 radical (unpaired) electrons. The molecule has 0 unspecified atom stereocenters. The van der Waals surface area contributed by atoms with Crippen LogP contribution in [0.15, 0.2) is 42.7 Å². The lowest BCUT2D eigenvalue weighted by Crippen LogP contribution is -2.25. The highest BCUT2D eigenvalue weighted by Gasteiger charge is 2.30. The van der Waals surface area contributed by atoms with E-state index in [0.29, 0.717) is 11.3 Å². The summed E-state index contributed by atoms with van der Waals surface area (Å²) < 4.78 is 65.3. The molecule has 0 aliphatic rings. The van der Waals surface area contributed by atoms with Crippen molar-refractivity contribution in [1.82, 2.24) is 14.7 Å². The van der Waals surface area contributed by atoms with Crippen molar-refractivity contribution in [3.8, 4) is 0 Å². The first-order valence-corrected chi connectivity index (χ1v) is 7.52. The number of rotatable bonds is 4. The Bertz CT molecular complexity index is 965. The van der Waals surface area contributed by atoms with Crippen LogP contribution in [0, 0.1) is 11.6 Å². The lowest BCUT2D eigenvalue weighted by Gasteiger charge is -2.05. The summed E-state index contributed by atoms with van der Waals surface area (Å²) >= 11 is 0. The zero-order chi connectivity index (χ0) is 18.9. The lowest BCUT2D eigenvalue weighted by molar-refractivity contribution is -0.137. The number of carbonyl (C=O) groups is 1. The maximum atomic E-state index is 13.1. The van der Waals surface area contributed by atoms with Gasteiger partial charge in [0.05, 0.1) is 11.3 Å². The summed E-state index contributed by atoms with van der Waals surface area (Å²) in [5, 5.41) is 2.52. The number of nitrogens with zero attached hydrogens (tertiary/aromatic N) is 2. The van der Waals surface area contributed by atoms with Gasteiger partial charge in [-0.25, -0.2) is 13.8 Å². The van der Waals surface area contributed by atoms with Gasteiger partial charge in [0.15, 0.2) is 11.6 Å². The number of pyridine rings is 1. The first-order valence-electron chi connectivity index (χ1n) is 7.52. The van der Waals surface area contributed by atoms with Crippen molar-refractivity contribution in [2.75, 3.05) is 6.54 Å². The molecule has 1 N–H and O–H groups in total. The Balaban J connectivity index is 1.64. The quantitative estimate of drug-likeness (QED) is 0.715. The number of imidazole rings is 1. The smallest absolute Gasteiger partial charge is 0.352 e. The second kappa shape index (κ2) is 6.74. The standard InChI is InChI=1S/C17H12F5N3O/c18-13-3-1-10(7-14(13)19)16(26)23-6-5-12-9-25-8-11(17(20,21)22)2-4-15(25)24-12/h1-4,7-9H,5-6H2,(H,23,26). The van der Waals surface area contributed by atoms with Gasteiger partial charge in [0.25, 0.3) is 5.91 Å². The molecule has 0 bridgehead atoms. The molecule has 1 amide bonds. The fourth-order valence-corrected chi connectivity index (χ4v) is 2.38. The summed E-state index contributed by atoms with van der Waals surface area (Å²) in [6.07, 6.45) is -1.81. The number of nitrogens with one attached hydrogen (secondary N) is 1. The van der Waals surface area contributed by atoms with Gasteiger partial charge in [0.1, 0.15) is 5.65 Å². The summed E-state index contributed by atoms with van der Waals surface area (Å²) in [6.45, 7) is 0.133. The third-order valence-electron chi connectivity index (χ3n) is 3.68. The molecule has 1 aromatic carbocycles. The second-order valence-electron chi connectivity index (χ2n) is 5.55. The van der Waals surface area contributed by atoms with E-state index in [4.69, 9.17) is 0 Å². The molecule has 0 fully saturated rings. The number of aromatic nitrogens is 2. The lowest BCUT2D eigenvalue weighted by atomic mass is 10.2. The van der Waals surface area contributed by atoms with Crippen LogP contribution in [0.5, 0.6) is 0 Å². The number of fused-ring (bicyclic) bond motifs is 1. The van der Waals surface area contributed by atoms with Crippen LogP contribution in [0.3, 0.4) is 0 Å². The van der Waals surface area contributed by atoms with E-state index in [0.717, 1.165) is 30.5 Å². The number of carbonyl (C=O) groups excluding carboxylic acids is 1. The molecule has 4 nitrogen and oxygen atoms in total. The van der Waals surface area contributed by atoms with Crippen molar-refractivity contribution in [3.63, 3.8) is 0 Å². The first-order chi connectivity index (χ1) is 12.2. The van der Waals surface area contributed by atoms with Gasteiger partial charge in [-0.15, -0.1) is 0 Å². The Morgan fingerprint density at radius 1 is 1.08 bits per heavy atom. The Kier molecular flexibility index (Phi) is 4.62. The summed E-state index contributed by atoms with van der Waals surface area (Å²) in [4.78, 5) is 16.0. The molecule has 0 spiro atoms. The average Bonchev–Trinajstić information content (AvgIpc) is 2.98. The van der Waals surface area contributed by atoms with Crippen LogP contribution in [-0.2, 0) is 12.6 Å². The normalized spacial score (nSPS) is 11.7. The fourth-order valence-electron chi connectivity index (χ4n) is 2.38. The predicted molar refractivity (Wildman–Crippen MR) is 82.6 cm³/mol. The molecule has 0 aliphatic carbocycles. The van der Waals surface area contributed by atoms with Crippen LogP contribution in [-0.4, -0.2) is 21.8 Å². The molecule has 26 heavy (non-hydrogen) atoms. The second-order valence-corrected chi connectivity index (χ2v) is 5.55. The van der Waals surface area contributed by atoms with Gasteiger partial charge in [0.2, 0.25) is 0 Å². The zero-order valence-electron chi connectivity index (χ0n) is 13.1. The zero-order valence-corrected chi connectivity index (χ0v) is 13.1. The summed E-state index contributed by atoms with van der Waals surface area (Å²) in [7, 11) is 0. The minimum Gasteiger partial charge on any atom is -0.352 e. The largest absolute Gasteiger partial charge is 0.417 e. The maximum absolute atomic E-state index is 13.1. The van der Waals surface area contributed by atoms with Crippen LogP contribution in [0.2, 0.25) is 0 Å². The van der Waals surface area contributed by atoms with E-state index in [1.165, 1.54) is 16.7 Å². The third kappa shape index (κ3) is 3.81. The first kappa shape index (κ1) is 17.8. The van der Waals surface area contributed by atoms with Gasteiger partial charge in [-0.3, -0.25) is 4.79 Å². The van der Waals surface area contributed by atoms with Crippen LogP contribution in [0.4, 0.5) is 22.0 Å². The highest BCUT2D eigenvalue weighted by molar-refractivity contribution is 5.94. The molecule has 0 saturated heterocycles. The van der Waals surface area contributed by atoms with Gasteiger partial charge >= 0.3 is 6.18 Å². The molecule has 0 saturated carbocycles. The van der Waals surface area contributed by atoms with Crippen LogP contribution >= 0.6 is 0 Å². The van der Waals surface area contributed by atoms with Gasteiger partial charge in [-0.1, -0.05) is 0 Å². The number of amides is 1. The van der Waals surface area contributed by atoms with E-state index in [9.17, 15) is 26.7 Å². The average molecular weight is 369 g/mol. The SMILES string of the molecule is O=C(NCCc1cn2cc(C(F)(F)F)ccc2n1)c1ccc(F)c(F)c1. The van der Waals surface area contributed by atoms with E-state index in [1.807, 2.05) is 0 Å². The van der Waals surface area contributed by atoms with E-state index >= 15 is 0 Å². The topological polar surface area (TPSA) is 46.4 Å². The van der Waals surface area contributed by atoms with Crippen molar-refractivity contribution in [2.24, 2.45) is 0 Å². The van der Waals surface area contributed by atoms with Gasteiger partial charge in [-0.2, -0.15) is 13.2 Å². The monoisotopic (exact) mass is 369 g/mol.